The predicted molar refractivity (Wildman–Crippen MR) is 256 cm³/mol. The SMILES string of the molecule is C[CH2][Ge]([c]1ccccc1)[c]1ccccc1.C[CH2][Ge]([c]1ccccc1)[c]1ccccc1.O.c1cc[c]([Ge][c]2ccccc2)cc1.c1cc[c]([Ge][c]2ccccc2)cc1. The molecule has 0 fully saturated rings. The third-order valence-electron chi connectivity index (χ3n) is 8.87. The van der Waals surface area contributed by atoms with Gasteiger partial charge in [0.1, 0.15) is 0 Å². The van der Waals surface area contributed by atoms with Crippen LogP contribution in [0.25, 0.3) is 0 Å². The Bertz CT molecular complexity index is 1830. The number of rotatable bonds is 10. The van der Waals surface area contributed by atoms with Crippen LogP contribution in [0, 0.1) is 0 Å². The van der Waals surface area contributed by atoms with Crippen molar-refractivity contribution in [1.29, 1.82) is 0 Å². The molecule has 1 nitrogen and oxygen atoms in total. The van der Waals surface area contributed by atoms with Crippen molar-refractivity contribution in [2.75, 3.05) is 0 Å². The van der Waals surface area contributed by atoms with E-state index in [0.717, 1.165) is 0 Å². The second-order valence-corrected chi connectivity index (χ2v) is 30.6. The third-order valence-corrected chi connectivity index (χ3v) is 25.7. The molecule has 0 saturated carbocycles. The van der Waals surface area contributed by atoms with Crippen molar-refractivity contribution >= 4 is 94.7 Å². The zero-order chi connectivity index (χ0) is 38.9. The van der Waals surface area contributed by atoms with Gasteiger partial charge in [-0.2, -0.15) is 0 Å². The van der Waals surface area contributed by atoms with Crippen LogP contribution in [-0.2, 0) is 0 Å². The second-order valence-electron chi connectivity index (χ2n) is 12.8. The standard InChI is InChI=1S/2C14H15Ge.2C12H10Ge.H2O/c2*1-2-15(13-9-5-3-6-10-13)14-11-7-4-8-12-14;2*1-3-7-11(8-4-1)13-12-9-5-2-6-10-12;/h2*3-12H,2H2,1H3;2*1-10H;1H2. The van der Waals surface area contributed by atoms with Crippen LogP contribution in [0.2, 0.25) is 10.5 Å². The summed E-state index contributed by atoms with van der Waals surface area (Å²) in [6, 6.07) is 86.8. The van der Waals surface area contributed by atoms with Crippen molar-refractivity contribution in [2.45, 2.75) is 24.4 Å². The molecular formula is C52H52Ge4O. The zero-order valence-electron chi connectivity index (χ0n) is 33.0. The van der Waals surface area contributed by atoms with Gasteiger partial charge in [-0.3, -0.25) is 0 Å². The monoisotopic (exact) mass is 988 g/mol. The molecule has 0 aliphatic rings. The van der Waals surface area contributed by atoms with Gasteiger partial charge >= 0.3 is 362 Å². The molecule has 6 radical (unpaired) electrons. The molecule has 0 spiro atoms. The summed E-state index contributed by atoms with van der Waals surface area (Å²) in [6.45, 7) is 4.63. The van der Waals surface area contributed by atoms with Crippen molar-refractivity contribution in [3.8, 4) is 0 Å². The molecule has 0 aliphatic carbocycles. The fourth-order valence-corrected chi connectivity index (χ4v) is 20.4. The topological polar surface area (TPSA) is 31.5 Å². The number of hydrogen-bond donors (Lipinski definition) is 0. The van der Waals surface area contributed by atoms with Gasteiger partial charge in [0, 0.05) is 0 Å². The number of benzene rings is 8. The average molecular weight is 983 g/mol. The summed E-state index contributed by atoms with van der Waals surface area (Å²) in [6.07, 6.45) is 0. The van der Waals surface area contributed by atoms with Gasteiger partial charge in [0.05, 0.1) is 0 Å². The van der Waals surface area contributed by atoms with E-state index in [1.807, 2.05) is 0 Å². The van der Waals surface area contributed by atoms with Crippen molar-refractivity contribution in [1.82, 2.24) is 0 Å². The first kappa shape index (κ1) is 45.6. The predicted octanol–water partition coefficient (Wildman–Crippen LogP) is 6.49. The van der Waals surface area contributed by atoms with Crippen molar-refractivity contribution in [3.05, 3.63) is 243 Å². The van der Waals surface area contributed by atoms with E-state index in [4.69, 9.17) is 0 Å². The van der Waals surface area contributed by atoms with Crippen molar-refractivity contribution in [3.63, 3.8) is 0 Å². The van der Waals surface area contributed by atoms with E-state index in [2.05, 4.69) is 257 Å². The van der Waals surface area contributed by atoms with E-state index in [1.165, 1.54) is 28.1 Å². The fraction of sp³-hybridized carbons (Fsp3) is 0.0769. The molecule has 0 aliphatic heterocycles. The first-order valence-corrected chi connectivity index (χ1v) is 30.8. The molecule has 0 atom stereocenters. The molecule has 57 heavy (non-hydrogen) atoms. The maximum atomic E-state index is 2.31. The molecule has 0 unspecified atom stereocenters. The first-order valence-electron chi connectivity index (χ1n) is 19.4. The molecule has 5 heteroatoms. The second kappa shape index (κ2) is 27.5. The molecule has 0 amide bonds. The first-order chi connectivity index (χ1) is 27.7. The summed E-state index contributed by atoms with van der Waals surface area (Å²) in [5, 5.41) is 2.63. The Morgan fingerprint density at radius 2 is 0.421 bits per heavy atom. The van der Waals surface area contributed by atoms with E-state index in [-0.39, 0.29) is 36.3 Å². The van der Waals surface area contributed by atoms with Gasteiger partial charge in [-0.1, -0.05) is 0 Å². The molecule has 282 valence electrons. The molecule has 2 N–H and O–H groups in total. The number of hydrogen-bond acceptors (Lipinski definition) is 0. The Kier molecular flexibility index (Phi) is 22.0. The van der Waals surface area contributed by atoms with E-state index < -0.39 is 28.7 Å². The van der Waals surface area contributed by atoms with Crippen molar-refractivity contribution in [2.24, 2.45) is 0 Å². The van der Waals surface area contributed by atoms with Crippen LogP contribution in [0.3, 0.4) is 0 Å². The summed E-state index contributed by atoms with van der Waals surface area (Å²) in [7, 11) is 0. The average Bonchev–Trinajstić information content (AvgIpc) is 3.28. The minimum atomic E-state index is -1.22. The Morgan fingerprint density at radius 3 is 0.579 bits per heavy atom. The molecule has 8 aromatic rings. The summed E-state index contributed by atoms with van der Waals surface area (Å²) in [5.41, 5.74) is 0. The van der Waals surface area contributed by atoms with Gasteiger partial charge in [0.2, 0.25) is 0 Å². The molecule has 8 rings (SSSR count). The normalized spacial score (nSPS) is 10.0. The third kappa shape index (κ3) is 16.7. The molecular weight excluding hydrogens is 931 g/mol. The van der Waals surface area contributed by atoms with Gasteiger partial charge in [0.15, 0.2) is 0 Å². The Morgan fingerprint density at radius 1 is 0.263 bits per heavy atom. The maximum absolute atomic E-state index is 2.31. The van der Waals surface area contributed by atoms with Gasteiger partial charge in [-0.05, 0) is 0 Å². The fourth-order valence-electron chi connectivity index (χ4n) is 6.13. The van der Waals surface area contributed by atoms with Gasteiger partial charge in [0.25, 0.3) is 0 Å². The van der Waals surface area contributed by atoms with Crippen LogP contribution in [0.4, 0.5) is 0 Å². The Hall–Kier alpha value is -4.11. The zero-order valence-corrected chi connectivity index (χ0v) is 41.4. The van der Waals surface area contributed by atoms with Crippen LogP contribution < -0.4 is 35.2 Å². The minimum absolute atomic E-state index is 0. The quantitative estimate of drug-likeness (QED) is 0.141. The van der Waals surface area contributed by atoms with E-state index in [9.17, 15) is 0 Å². The van der Waals surface area contributed by atoms with Gasteiger partial charge in [-0.15, -0.1) is 0 Å². The summed E-state index contributed by atoms with van der Waals surface area (Å²) in [5.74, 6) is 0. The van der Waals surface area contributed by atoms with E-state index in [0.29, 0.717) is 0 Å². The molecule has 0 heterocycles. The van der Waals surface area contributed by atoms with Crippen LogP contribution in [0.5, 0.6) is 0 Å². The Labute approximate surface area is 364 Å². The van der Waals surface area contributed by atoms with Gasteiger partial charge in [-0.25, -0.2) is 0 Å². The molecule has 0 bridgehead atoms. The van der Waals surface area contributed by atoms with E-state index in [1.54, 1.807) is 17.6 Å². The van der Waals surface area contributed by atoms with Gasteiger partial charge < -0.3 is 5.48 Å². The van der Waals surface area contributed by atoms with E-state index >= 15 is 0 Å². The molecule has 8 aromatic carbocycles. The summed E-state index contributed by atoms with van der Waals surface area (Å²) < 4.78 is 12.3. The van der Waals surface area contributed by atoms with Crippen LogP contribution in [0.1, 0.15) is 13.8 Å². The molecule has 0 aromatic heterocycles. The summed E-state index contributed by atoms with van der Waals surface area (Å²) >= 11 is -2.66. The molecule has 0 saturated heterocycles. The van der Waals surface area contributed by atoms with Crippen molar-refractivity contribution < 1.29 is 5.48 Å². The summed E-state index contributed by atoms with van der Waals surface area (Å²) in [4.78, 5) is 0. The van der Waals surface area contributed by atoms with Crippen LogP contribution >= 0.6 is 0 Å². The van der Waals surface area contributed by atoms with Crippen LogP contribution in [-0.4, -0.2) is 65.0 Å². The Balaban J connectivity index is 0.000000168. The van der Waals surface area contributed by atoms with Crippen LogP contribution in [0.15, 0.2) is 243 Å².